The quantitative estimate of drug-likeness (QED) is 0.253. The lowest BCUT2D eigenvalue weighted by Crippen LogP contribution is -2.64. The van der Waals surface area contributed by atoms with E-state index in [1.54, 1.807) is 6.92 Å². The standard InChI is InChI=1S/C24H31NO11/c1-9(23(32)25-15-16(28)10(2)20-22(17(15)29)34-8-33-20)6-12-4-5-14(13(27)7-12)35-24-19(31)18(30)21(36-24)11(3)26/h4-7,10,15-22,24,27-31H,8H2,1-3H3,(H,25,32)/b9-6+/t10?,15-,16-,17-,18+,19+,20-,21-,22+,24-/m1/s1. The van der Waals surface area contributed by atoms with Crippen molar-refractivity contribution in [1.82, 2.24) is 5.32 Å². The molecule has 198 valence electrons. The average Bonchev–Trinajstić information content (AvgIpc) is 3.43. The Balaban J connectivity index is 1.41. The fourth-order valence-electron chi connectivity index (χ4n) is 4.74. The van der Waals surface area contributed by atoms with Crippen LogP contribution in [0.3, 0.4) is 0 Å². The highest BCUT2D eigenvalue weighted by molar-refractivity contribution is 5.97. The van der Waals surface area contributed by atoms with Crippen molar-refractivity contribution in [2.45, 2.75) is 75.8 Å². The Morgan fingerprint density at radius 2 is 1.72 bits per heavy atom. The first kappa shape index (κ1) is 26.5. The number of ether oxygens (including phenoxy) is 4. The van der Waals surface area contributed by atoms with Gasteiger partial charge >= 0.3 is 0 Å². The summed E-state index contributed by atoms with van der Waals surface area (Å²) in [4.78, 5) is 24.3. The van der Waals surface area contributed by atoms with E-state index >= 15 is 0 Å². The molecule has 3 fully saturated rings. The van der Waals surface area contributed by atoms with Crippen molar-refractivity contribution in [3.05, 3.63) is 29.3 Å². The summed E-state index contributed by atoms with van der Waals surface area (Å²) in [6.07, 6.45) is -7.39. The molecule has 2 aliphatic heterocycles. The number of amides is 1. The molecule has 36 heavy (non-hydrogen) atoms. The van der Waals surface area contributed by atoms with E-state index in [0.717, 1.165) is 0 Å². The summed E-state index contributed by atoms with van der Waals surface area (Å²) in [5, 5.41) is 54.2. The molecule has 1 saturated carbocycles. The zero-order valence-electron chi connectivity index (χ0n) is 20.0. The van der Waals surface area contributed by atoms with Crippen molar-refractivity contribution in [3.8, 4) is 11.5 Å². The lowest BCUT2D eigenvalue weighted by Gasteiger charge is -2.42. The second-order valence-corrected chi connectivity index (χ2v) is 9.41. The molecule has 1 aromatic rings. The van der Waals surface area contributed by atoms with Gasteiger partial charge in [-0.25, -0.2) is 0 Å². The summed E-state index contributed by atoms with van der Waals surface area (Å²) in [6, 6.07) is 3.26. The number of benzene rings is 1. The molecule has 10 atom stereocenters. The lowest BCUT2D eigenvalue weighted by atomic mass is 9.78. The van der Waals surface area contributed by atoms with Crippen LogP contribution in [0.1, 0.15) is 26.3 Å². The van der Waals surface area contributed by atoms with Crippen LogP contribution in [0.25, 0.3) is 6.08 Å². The topological polar surface area (TPSA) is 184 Å². The minimum atomic E-state index is -1.49. The van der Waals surface area contributed by atoms with Gasteiger partial charge in [0.2, 0.25) is 12.2 Å². The number of aliphatic hydroxyl groups is 4. The number of aliphatic hydroxyl groups excluding tert-OH is 4. The second-order valence-electron chi connectivity index (χ2n) is 9.41. The number of phenols is 1. The number of hydrogen-bond donors (Lipinski definition) is 6. The first-order chi connectivity index (χ1) is 17.0. The van der Waals surface area contributed by atoms with Crippen molar-refractivity contribution < 1.29 is 54.1 Å². The monoisotopic (exact) mass is 509 g/mol. The molecular weight excluding hydrogens is 478 g/mol. The van der Waals surface area contributed by atoms with Crippen LogP contribution in [0.5, 0.6) is 11.5 Å². The third kappa shape index (κ3) is 4.98. The molecular formula is C24H31NO11. The molecule has 12 heteroatoms. The molecule has 0 radical (unpaired) electrons. The van der Waals surface area contributed by atoms with Crippen molar-refractivity contribution >= 4 is 17.8 Å². The Bertz CT molecular complexity index is 1030. The number of carbonyl (C=O) groups excluding carboxylic acids is 2. The molecule has 4 rings (SSSR count). The summed E-state index contributed by atoms with van der Waals surface area (Å²) in [5.74, 6) is -1.77. The second kappa shape index (κ2) is 10.4. The van der Waals surface area contributed by atoms with Gasteiger partial charge in [-0.3, -0.25) is 9.59 Å². The molecule has 0 spiro atoms. The summed E-state index contributed by atoms with van der Waals surface area (Å²) in [5.41, 5.74) is 0.676. The number of carbonyl (C=O) groups is 2. The Hall–Kier alpha value is -2.58. The highest BCUT2D eigenvalue weighted by atomic mass is 16.7. The highest BCUT2D eigenvalue weighted by Crippen LogP contribution is 2.34. The van der Waals surface area contributed by atoms with Crippen molar-refractivity contribution in [2.24, 2.45) is 5.92 Å². The smallest absolute Gasteiger partial charge is 0.247 e. The maximum absolute atomic E-state index is 12.8. The molecule has 1 unspecified atom stereocenters. The SMILES string of the molecule is CC(=O)[C@H]1O[C@@H](Oc2ccc(/C=C(\C)C(=O)N[C@H]3[C@@H](O)[C@@H]4OCO[C@@H]4C(C)[C@H]3O)cc2O)[C@@H](O)[C@@H]1O. The van der Waals surface area contributed by atoms with E-state index in [1.165, 1.54) is 38.1 Å². The van der Waals surface area contributed by atoms with Gasteiger partial charge in [0.1, 0.15) is 37.3 Å². The number of rotatable bonds is 6. The minimum Gasteiger partial charge on any atom is -0.504 e. The van der Waals surface area contributed by atoms with E-state index in [4.69, 9.17) is 18.9 Å². The van der Waals surface area contributed by atoms with E-state index < -0.39 is 66.8 Å². The third-order valence-electron chi connectivity index (χ3n) is 6.86. The number of fused-ring (bicyclic) bond motifs is 1. The van der Waals surface area contributed by atoms with Crippen LogP contribution in [-0.2, 0) is 23.8 Å². The Morgan fingerprint density at radius 3 is 2.36 bits per heavy atom. The van der Waals surface area contributed by atoms with Gasteiger partial charge in [-0.15, -0.1) is 0 Å². The van der Waals surface area contributed by atoms with E-state index in [0.29, 0.717) is 5.56 Å². The summed E-state index contributed by atoms with van der Waals surface area (Å²) in [6.45, 7) is 4.51. The van der Waals surface area contributed by atoms with Crippen LogP contribution in [0.2, 0.25) is 0 Å². The largest absolute Gasteiger partial charge is 0.504 e. The molecule has 0 bridgehead atoms. The van der Waals surface area contributed by atoms with E-state index in [2.05, 4.69) is 5.32 Å². The molecule has 1 amide bonds. The lowest BCUT2D eigenvalue weighted by molar-refractivity contribution is -0.141. The maximum Gasteiger partial charge on any atom is 0.247 e. The fourth-order valence-corrected chi connectivity index (χ4v) is 4.74. The summed E-state index contributed by atoms with van der Waals surface area (Å²) >= 11 is 0. The molecule has 12 nitrogen and oxygen atoms in total. The molecule has 6 N–H and O–H groups in total. The summed E-state index contributed by atoms with van der Waals surface area (Å²) < 4.78 is 21.5. The zero-order valence-corrected chi connectivity index (χ0v) is 20.0. The Kier molecular flexibility index (Phi) is 7.67. The molecule has 2 heterocycles. The molecule has 1 aromatic carbocycles. The number of hydrogen-bond acceptors (Lipinski definition) is 11. The van der Waals surface area contributed by atoms with Crippen LogP contribution >= 0.6 is 0 Å². The van der Waals surface area contributed by atoms with Crippen LogP contribution in [-0.4, -0.2) is 99.1 Å². The van der Waals surface area contributed by atoms with Crippen molar-refractivity contribution in [1.29, 1.82) is 0 Å². The molecule has 2 saturated heterocycles. The predicted molar refractivity (Wildman–Crippen MR) is 121 cm³/mol. The van der Waals surface area contributed by atoms with E-state index in [9.17, 15) is 35.1 Å². The van der Waals surface area contributed by atoms with Gasteiger partial charge in [0, 0.05) is 11.5 Å². The van der Waals surface area contributed by atoms with Crippen LogP contribution in [0.15, 0.2) is 23.8 Å². The van der Waals surface area contributed by atoms with Crippen LogP contribution in [0, 0.1) is 5.92 Å². The van der Waals surface area contributed by atoms with E-state index in [1.807, 2.05) is 0 Å². The normalized spacial score (nSPS) is 38.5. The van der Waals surface area contributed by atoms with Crippen molar-refractivity contribution in [2.75, 3.05) is 6.79 Å². The van der Waals surface area contributed by atoms with Gasteiger partial charge < -0.3 is 49.8 Å². The third-order valence-corrected chi connectivity index (χ3v) is 6.86. The number of Topliss-reactive ketones (excluding diaryl/α,β-unsaturated/α-hetero) is 1. The number of phenolic OH excluding ortho intramolecular Hbond substituents is 1. The number of nitrogens with one attached hydrogen (secondary N) is 1. The van der Waals surface area contributed by atoms with Gasteiger partial charge in [-0.1, -0.05) is 13.0 Å². The van der Waals surface area contributed by atoms with Gasteiger partial charge in [0.25, 0.3) is 0 Å². The highest BCUT2D eigenvalue weighted by Gasteiger charge is 2.52. The Labute approximate surface area is 207 Å². The summed E-state index contributed by atoms with van der Waals surface area (Å²) in [7, 11) is 0. The first-order valence-corrected chi connectivity index (χ1v) is 11.6. The molecule has 0 aromatic heterocycles. The van der Waals surface area contributed by atoms with Gasteiger partial charge in [0.05, 0.1) is 18.2 Å². The number of aromatic hydroxyl groups is 1. The number of ketones is 1. The van der Waals surface area contributed by atoms with Gasteiger partial charge in [0.15, 0.2) is 17.3 Å². The van der Waals surface area contributed by atoms with E-state index in [-0.39, 0.29) is 29.8 Å². The fraction of sp³-hybridized carbons (Fsp3) is 0.583. The molecule has 1 aliphatic carbocycles. The zero-order chi connectivity index (χ0) is 26.3. The van der Waals surface area contributed by atoms with Crippen LogP contribution < -0.4 is 10.1 Å². The average molecular weight is 510 g/mol. The first-order valence-electron chi connectivity index (χ1n) is 11.6. The Morgan fingerprint density at radius 1 is 1.03 bits per heavy atom. The van der Waals surface area contributed by atoms with Crippen molar-refractivity contribution in [3.63, 3.8) is 0 Å². The maximum atomic E-state index is 12.8. The van der Waals surface area contributed by atoms with Gasteiger partial charge in [-0.05, 0) is 37.6 Å². The van der Waals surface area contributed by atoms with Gasteiger partial charge in [-0.2, -0.15) is 0 Å². The van der Waals surface area contributed by atoms with Crippen LogP contribution in [0.4, 0.5) is 0 Å². The minimum absolute atomic E-state index is 0.00990. The molecule has 3 aliphatic rings. The predicted octanol–water partition coefficient (Wildman–Crippen LogP) is -1.19.